The second-order valence-electron chi connectivity index (χ2n) is 13.6. The van der Waals surface area contributed by atoms with Crippen molar-refractivity contribution in [1.29, 1.82) is 0 Å². The van der Waals surface area contributed by atoms with Gasteiger partial charge < -0.3 is 9.47 Å². The average molecular weight is 661 g/mol. The van der Waals surface area contributed by atoms with Crippen LogP contribution in [0.3, 0.4) is 0 Å². The summed E-state index contributed by atoms with van der Waals surface area (Å²) >= 11 is 6.34. The number of aromatic nitrogens is 2. The molecule has 1 amide bonds. The highest BCUT2D eigenvalue weighted by Crippen LogP contribution is 2.45. The van der Waals surface area contributed by atoms with Crippen LogP contribution in [0, 0.1) is 13.8 Å². The van der Waals surface area contributed by atoms with Crippen molar-refractivity contribution in [1.82, 2.24) is 19.4 Å². The van der Waals surface area contributed by atoms with Gasteiger partial charge in [-0.15, -0.1) is 0 Å². The number of nitrogens with zero attached hydrogens (tertiary/aromatic N) is 4. The molecule has 0 radical (unpaired) electrons. The first-order chi connectivity index (χ1) is 22.0. The number of aryl methyl sites for hydroxylation is 2. The van der Waals surface area contributed by atoms with Crippen LogP contribution in [-0.2, 0) is 15.5 Å². The first kappa shape index (κ1) is 31.4. The third-order valence-corrected chi connectivity index (χ3v) is 12.1. The van der Waals surface area contributed by atoms with Crippen molar-refractivity contribution in [3.8, 4) is 0 Å². The molecule has 8 nitrogen and oxygen atoms in total. The molecule has 2 bridgehead atoms. The molecule has 3 saturated heterocycles. The van der Waals surface area contributed by atoms with Crippen LogP contribution in [0.5, 0.6) is 0 Å². The van der Waals surface area contributed by atoms with E-state index in [9.17, 15) is 17.8 Å². The highest BCUT2D eigenvalue weighted by atomic mass is 35.5. The average Bonchev–Trinajstić information content (AvgIpc) is 3.49. The van der Waals surface area contributed by atoms with E-state index in [2.05, 4.69) is 71.8 Å². The first-order valence-corrected chi connectivity index (χ1v) is 18.2. The van der Waals surface area contributed by atoms with Gasteiger partial charge in [0.2, 0.25) is 0 Å². The van der Waals surface area contributed by atoms with E-state index in [-0.39, 0.29) is 26.8 Å². The molecule has 7 rings (SSSR count). The molecule has 4 heterocycles. The molecule has 1 unspecified atom stereocenters. The number of benzene rings is 3. The molecule has 0 spiro atoms. The van der Waals surface area contributed by atoms with Gasteiger partial charge in [0.1, 0.15) is 5.82 Å². The second-order valence-corrected chi connectivity index (χ2v) is 15.4. The normalized spacial score (nSPS) is 23.2. The number of carbonyl (C=O) groups is 1. The van der Waals surface area contributed by atoms with E-state index in [0.717, 1.165) is 50.0 Å². The number of likely N-dealkylation sites (tertiary alicyclic amines) is 1. The Morgan fingerprint density at radius 1 is 0.957 bits per heavy atom. The van der Waals surface area contributed by atoms with E-state index >= 15 is 0 Å². The molecule has 3 aliphatic heterocycles. The summed E-state index contributed by atoms with van der Waals surface area (Å²) in [5, 5.41) is 0.172. The summed E-state index contributed by atoms with van der Waals surface area (Å²) in [6.45, 7) is 6.38. The standard InChI is InChI=1S/C36H41ClN4O4S/c1-24-6-5-7-26(20-24)36(14-17-39(18-15-36)35(42)31-23-30(46(43,44)45)12-13-32(31)37)16-19-40-27-10-11-28(40)22-29(21-27)41-25(2)38-33-8-3-4-9-34(33)41/h3-9,12-13,20,23,27-29H,10-11,14-19,21-22H2,1-2H3,(H,43,44,45)/t27-,28+,29?. The lowest BCUT2D eigenvalue weighted by molar-refractivity contribution is 0.0607. The van der Waals surface area contributed by atoms with Crippen molar-refractivity contribution >= 4 is 38.7 Å². The lowest BCUT2D eigenvalue weighted by Gasteiger charge is -2.46. The number of imidazole rings is 1. The van der Waals surface area contributed by atoms with Crippen LogP contribution in [0.2, 0.25) is 5.02 Å². The zero-order valence-electron chi connectivity index (χ0n) is 26.4. The number of fused-ring (bicyclic) bond motifs is 3. The Bertz CT molecular complexity index is 1880. The summed E-state index contributed by atoms with van der Waals surface area (Å²) in [6, 6.07) is 22.6. The van der Waals surface area contributed by atoms with Crippen molar-refractivity contribution in [2.24, 2.45) is 0 Å². The van der Waals surface area contributed by atoms with Crippen LogP contribution in [-0.4, -0.2) is 69.9 Å². The molecule has 46 heavy (non-hydrogen) atoms. The van der Waals surface area contributed by atoms with Crippen LogP contribution < -0.4 is 0 Å². The van der Waals surface area contributed by atoms with Crippen LogP contribution in [0.15, 0.2) is 71.6 Å². The summed E-state index contributed by atoms with van der Waals surface area (Å²) in [5.74, 6) is 0.792. The Hall–Kier alpha value is -3.24. The molecule has 1 aromatic heterocycles. The van der Waals surface area contributed by atoms with Gasteiger partial charge in [0, 0.05) is 31.2 Å². The molecule has 1 N–H and O–H groups in total. The van der Waals surface area contributed by atoms with Crippen LogP contribution in [0.1, 0.15) is 78.3 Å². The minimum atomic E-state index is -4.45. The maximum atomic E-state index is 13.6. The van der Waals surface area contributed by atoms with E-state index in [1.807, 2.05) is 0 Å². The topological polar surface area (TPSA) is 95.7 Å². The van der Waals surface area contributed by atoms with E-state index in [4.69, 9.17) is 16.6 Å². The molecular formula is C36H41ClN4O4S. The fourth-order valence-electron chi connectivity index (χ4n) is 8.59. The maximum absolute atomic E-state index is 13.6. The molecule has 3 fully saturated rings. The molecule has 3 atom stereocenters. The molecular weight excluding hydrogens is 620 g/mol. The third-order valence-electron chi connectivity index (χ3n) is 10.9. The van der Waals surface area contributed by atoms with E-state index in [1.54, 1.807) is 4.90 Å². The van der Waals surface area contributed by atoms with Gasteiger partial charge in [-0.3, -0.25) is 14.2 Å². The molecule has 0 aliphatic carbocycles. The van der Waals surface area contributed by atoms with Crippen molar-refractivity contribution in [3.63, 3.8) is 0 Å². The van der Waals surface area contributed by atoms with Crippen LogP contribution in [0.25, 0.3) is 11.0 Å². The third kappa shape index (κ3) is 5.76. The number of hydrogen-bond donors (Lipinski definition) is 1. The summed E-state index contributed by atoms with van der Waals surface area (Å²) in [7, 11) is -4.45. The lowest BCUT2D eigenvalue weighted by atomic mass is 9.70. The zero-order chi connectivity index (χ0) is 32.2. The summed E-state index contributed by atoms with van der Waals surface area (Å²) < 4.78 is 35.5. The predicted octanol–water partition coefficient (Wildman–Crippen LogP) is 6.99. The molecule has 3 aliphatic rings. The van der Waals surface area contributed by atoms with Gasteiger partial charge in [0.15, 0.2) is 0 Å². The minimum absolute atomic E-state index is 0.0731. The Labute approximate surface area is 276 Å². The fourth-order valence-corrected chi connectivity index (χ4v) is 9.29. The van der Waals surface area contributed by atoms with Crippen LogP contribution >= 0.6 is 11.6 Å². The Morgan fingerprint density at radius 3 is 2.37 bits per heavy atom. The predicted molar refractivity (Wildman–Crippen MR) is 180 cm³/mol. The number of rotatable bonds is 7. The van der Waals surface area contributed by atoms with Gasteiger partial charge in [0.05, 0.1) is 26.5 Å². The molecule has 10 heteroatoms. The number of amides is 1. The fraction of sp³-hybridized carbons (Fsp3) is 0.444. The highest BCUT2D eigenvalue weighted by Gasteiger charge is 2.44. The summed E-state index contributed by atoms with van der Waals surface area (Å²) in [4.78, 5) is 22.7. The van der Waals surface area contributed by atoms with E-state index in [0.29, 0.717) is 31.2 Å². The van der Waals surface area contributed by atoms with Crippen molar-refractivity contribution in [2.75, 3.05) is 19.6 Å². The van der Waals surface area contributed by atoms with E-state index in [1.165, 1.54) is 47.7 Å². The van der Waals surface area contributed by atoms with Crippen molar-refractivity contribution in [3.05, 3.63) is 94.3 Å². The van der Waals surface area contributed by atoms with Gasteiger partial charge in [-0.2, -0.15) is 8.42 Å². The zero-order valence-corrected chi connectivity index (χ0v) is 28.0. The lowest BCUT2D eigenvalue weighted by Crippen LogP contribution is -2.49. The molecule has 0 saturated carbocycles. The summed E-state index contributed by atoms with van der Waals surface area (Å²) in [6.07, 6.45) is 7.38. The minimum Gasteiger partial charge on any atom is -0.339 e. The van der Waals surface area contributed by atoms with Gasteiger partial charge in [-0.05, 0) is 107 Å². The first-order valence-electron chi connectivity index (χ1n) is 16.4. The van der Waals surface area contributed by atoms with Crippen molar-refractivity contribution in [2.45, 2.75) is 87.2 Å². The number of para-hydroxylation sites is 2. The van der Waals surface area contributed by atoms with Gasteiger partial charge in [0.25, 0.3) is 16.0 Å². The van der Waals surface area contributed by atoms with Gasteiger partial charge >= 0.3 is 0 Å². The molecule has 4 aromatic rings. The number of piperidine rings is 2. The van der Waals surface area contributed by atoms with Crippen molar-refractivity contribution < 1.29 is 17.8 Å². The number of halogens is 1. The maximum Gasteiger partial charge on any atom is 0.294 e. The molecule has 3 aromatic carbocycles. The number of carbonyl (C=O) groups excluding carboxylic acids is 1. The largest absolute Gasteiger partial charge is 0.339 e. The van der Waals surface area contributed by atoms with Gasteiger partial charge in [-0.1, -0.05) is 53.6 Å². The highest BCUT2D eigenvalue weighted by molar-refractivity contribution is 7.85. The summed E-state index contributed by atoms with van der Waals surface area (Å²) in [5.41, 5.74) is 4.90. The Kier molecular flexibility index (Phi) is 8.24. The Balaban J connectivity index is 1.08. The van der Waals surface area contributed by atoms with Crippen LogP contribution in [0.4, 0.5) is 0 Å². The Morgan fingerprint density at radius 2 is 1.67 bits per heavy atom. The molecule has 242 valence electrons. The van der Waals surface area contributed by atoms with E-state index < -0.39 is 10.1 Å². The monoisotopic (exact) mass is 660 g/mol. The number of hydrogen-bond acceptors (Lipinski definition) is 5. The SMILES string of the molecule is Cc1cccc(C2(CCN3[C@@H]4CC[C@H]3CC(n3c(C)nc5ccccc53)C4)CCN(C(=O)c3cc(S(=O)(=O)O)ccc3Cl)CC2)c1. The quantitative estimate of drug-likeness (QED) is 0.215. The second kappa shape index (κ2) is 12.1. The smallest absolute Gasteiger partial charge is 0.294 e. The van der Waals surface area contributed by atoms with Gasteiger partial charge in [-0.25, -0.2) is 4.98 Å².